The van der Waals surface area contributed by atoms with Crippen LogP contribution in [0.5, 0.6) is 0 Å². The van der Waals surface area contributed by atoms with E-state index in [0.29, 0.717) is 60.2 Å². The molecule has 0 aliphatic carbocycles. The summed E-state index contributed by atoms with van der Waals surface area (Å²) in [5.74, 6) is 0.561. The average molecular weight is 480 g/mol. The Morgan fingerprint density at radius 3 is 3.03 bits per heavy atom. The molecule has 184 valence electrons. The monoisotopic (exact) mass is 479 g/mol. The van der Waals surface area contributed by atoms with Gasteiger partial charge in [0.15, 0.2) is 5.65 Å². The number of anilines is 2. The molecule has 0 aromatic carbocycles. The minimum atomic E-state index is -0.405. The normalized spacial score (nSPS) is 16.5. The number of methoxy groups -OCH3 is 1. The number of rotatable bonds is 6. The largest absolute Gasteiger partial charge is 0.388 e. The Bertz CT molecular complexity index is 1280. The molecule has 1 aliphatic rings. The molecule has 0 saturated heterocycles. The summed E-state index contributed by atoms with van der Waals surface area (Å²) in [6.07, 6.45) is 6.45. The summed E-state index contributed by atoms with van der Waals surface area (Å²) in [6, 6.07) is 1.49. The summed E-state index contributed by atoms with van der Waals surface area (Å²) >= 11 is 0. The van der Waals surface area contributed by atoms with E-state index in [1.165, 1.54) is 23.0 Å². The van der Waals surface area contributed by atoms with Crippen LogP contribution in [0.4, 0.5) is 16.0 Å². The zero-order valence-corrected chi connectivity index (χ0v) is 19.9. The van der Waals surface area contributed by atoms with E-state index in [2.05, 4.69) is 39.5 Å². The van der Waals surface area contributed by atoms with E-state index in [4.69, 9.17) is 20.9 Å². The molecule has 3 aromatic heterocycles. The molecule has 4 rings (SSSR count). The van der Waals surface area contributed by atoms with Crippen LogP contribution in [-0.2, 0) is 17.7 Å². The van der Waals surface area contributed by atoms with Gasteiger partial charge in [-0.15, -0.1) is 0 Å². The van der Waals surface area contributed by atoms with Gasteiger partial charge >= 0.3 is 0 Å². The number of nitrogens with one attached hydrogen (secondary N) is 4. The van der Waals surface area contributed by atoms with Crippen LogP contribution in [0.1, 0.15) is 29.3 Å². The van der Waals surface area contributed by atoms with Crippen LogP contribution in [0.25, 0.3) is 16.9 Å². The Balaban J connectivity index is 1.86. The van der Waals surface area contributed by atoms with Gasteiger partial charge in [-0.2, -0.15) is 9.61 Å². The molecule has 1 aliphatic heterocycles. The number of halogens is 1. The molecule has 1 unspecified atom stereocenters. The third-order valence-corrected chi connectivity index (χ3v) is 5.84. The molecular formula is C24H30FN9O. The Morgan fingerprint density at radius 1 is 1.43 bits per heavy atom. The number of nitrogens with zero attached hydrogens (tertiary/aromatic N) is 4. The lowest BCUT2D eigenvalue weighted by Crippen LogP contribution is -2.21. The quantitative estimate of drug-likeness (QED) is 0.268. The highest BCUT2D eigenvalue weighted by molar-refractivity contribution is 6.12. The molecule has 3 aromatic rings. The van der Waals surface area contributed by atoms with Gasteiger partial charge in [0.2, 0.25) is 0 Å². The molecule has 35 heavy (non-hydrogen) atoms. The summed E-state index contributed by atoms with van der Waals surface area (Å²) in [4.78, 5) is 9.17. The van der Waals surface area contributed by atoms with Crippen molar-refractivity contribution in [3.05, 3.63) is 59.4 Å². The maximum absolute atomic E-state index is 14.1. The maximum atomic E-state index is 14.1. The summed E-state index contributed by atoms with van der Waals surface area (Å²) < 4.78 is 20.7. The molecule has 4 heterocycles. The van der Waals surface area contributed by atoms with Gasteiger partial charge in [-0.05, 0) is 24.0 Å². The second-order valence-corrected chi connectivity index (χ2v) is 8.49. The fraction of sp³-hybridized carbons (Fsp3) is 0.333. The number of pyridine rings is 1. The van der Waals surface area contributed by atoms with Crippen molar-refractivity contribution >= 4 is 34.8 Å². The molecular weight excluding hydrogens is 449 g/mol. The predicted molar refractivity (Wildman–Crippen MR) is 135 cm³/mol. The van der Waals surface area contributed by atoms with E-state index in [0.717, 1.165) is 16.8 Å². The second-order valence-electron chi connectivity index (χ2n) is 8.49. The minimum absolute atomic E-state index is 0.220. The summed E-state index contributed by atoms with van der Waals surface area (Å²) in [6.45, 7) is 8.26. The van der Waals surface area contributed by atoms with Crippen LogP contribution in [0, 0.1) is 17.1 Å². The average Bonchev–Trinajstić information content (AvgIpc) is 3.27. The minimum Gasteiger partial charge on any atom is -0.388 e. The first-order valence-corrected chi connectivity index (χ1v) is 11.3. The molecule has 2 bridgehead atoms. The maximum Gasteiger partial charge on any atom is 0.169 e. The van der Waals surface area contributed by atoms with Crippen molar-refractivity contribution in [3.8, 4) is 0 Å². The SMILES string of the molecule is C=C1NCC(C)Cc2ncc(F)cc2CNc2nc3c1cnn3c(N)c2/C(C=N)=C/NCCOC. The van der Waals surface area contributed by atoms with Crippen molar-refractivity contribution in [2.45, 2.75) is 19.9 Å². The number of aromatic nitrogens is 4. The highest BCUT2D eigenvalue weighted by Crippen LogP contribution is 2.31. The molecule has 10 nitrogen and oxygen atoms in total. The Labute approximate surface area is 203 Å². The van der Waals surface area contributed by atoms with Crippen molar-refractivity contribution in [1.29, 1.82) is 5.41 Å². The molecule has 0 spiro atoms. The lowest BCUT2D eigenvalue weighted by molar-refractivity contribution is 0.203. The van der Waals surface area contributed by atoms with Crippen LogP contribution in [0.15, 0.2) is 31.2 Å². The van der Waals surface area contributed by atoms with Crippen molar-refractivity contribution < 1.29 is 9.13 Å². The first-order valence-electron chi connectivity index (χ1n) is 11.3. The van der Waals surface area contributed by atoms with Crippen LogP contribution >= 0.6 is 0 Å². The number of nitrogens with two attached hydrogens (primary N) is 1. The van der Waals surface area contributed by atoms with Gasteiger partial charge in [-0.3, -0.25) is 4.98 Å². The number of nitrogen functional groups attached to an aromatic ring is 1. The summed E-state index contributed by atoms with van der Waals surface area (Å²) in [5, 5.41) is 22.2. The van der Waals surface area contributed by atoms with Gasteiger partial charge in [0.05, 0.1) is 30.1 Å². The zero-order valence-electron chi connectivity index (χ0n) is 19.9. The fourth-order valence-corrected chi connectivity index (χ4v) is 3.99. The number of hydrogen-bond donors (Lipinski definition) is 5. The van der Waals surface area contributed by atoms with Gasteiger partial charge in [0.1, 0.15) is 17.5 Å². The lowest BCUT2D eigenvalue weighted by atomic mass is 10.0. The van der Waals surface area contributed by atoms with E-state index in [9.17, 15) is 4.39 Å². The van der Waals surface area contributed by atoms with E-state index in [1.54, 1.807) is 19.5 Å². The second kappa shape index (κ2) is 10.5. The summed E-state index contributed by atoms with van der Waals surface area (Å²) in [7, 11) is 1.62. The van der Waals surface area contributed by atoms with Gasteiger partial charge in [0, 0.05) is 56.1 Å². The van der Waals surface area contributed by atoms with Crippen LogP contribution in [0.2, 0.25) is 0 Å². The van der Waals surface area contributed by atoms with Crippen molar-refractivity contribution in [2.75, 3.05) is 37.9 Å². The van der Waals surface area contributed by atoms with Gasteiger partial charge < -0.3 is 31.8 Å². The Morgan fingerprint density at radius 2 is 2.26 bits per heavy atom. The molecule has 0 saturated carbocycles. The number of allylic oxidation sites excluding steroid dienone is 1. The number of ether oxygens (including phenoxy) is 1. The predicted octanol–water partition coefficient (Wildman–Crippen LogP) is 2.44. The number of hydrogen-bond acceptors (Lipinski definition) is 9. The van der Waals surface area contributed by atoms with Crippen LogP contribution in [-0.4, -0.2) is 52.6 Å². The summed E-state index contributed by atoms with van der Waals surface area (Å²) in [5.41, 5.74) is 11.0. The van der Waals surface area contributed by atoms with E-state index in [-0.39, 0.29) is 12.5 Å². The van der Waals surface area contributed by atoms with Crippen molar-refractivity contribution in [1.82, 2.24) is 30.2 Å². The van der Waals surface area contributed by atoms with Crippen molar-refractivity contribution in [2.24, 2.45) is 5.92 Å². The zero-order chi connectivity index (χ0) is 24.9. The van der Waals surface area contributed by atoms with E-state index in [1.807, 2.05) is 0 Å². The van der Waals surface area contributed by atoms with Crippen LogP contribution in [0.3, 0.4) is 0 Å². The first-order chi connectivity index (χ1) is 16.9. The standard InChI is InChI=1S/C24H30FN9O/c1-14-6-20-16(7-18(25)12-30-20)11-31-23-21(17(8-26)10-28-4-5-35-3)22(27)34-24(33-23)19(13-32-34)15(2)29-9-14/h7-8,10,12-14,26,28-29H,2,4-6,9,11,27H2,1,3H3,(H,31,33)/b17-10+,26-8?. The smallest absolute Gasteiger partial charge is 0.169 e. The third kappa shape index (κ3) is 5.09. The van der Waals surface area contributed by atoms with Gasteiger partial charge in [0.25, 0.3) is 0 Å². The lowest BCUT2D eigenvalue weighted by Gasteiger charge is -2.17. The molecule has 11 heteroatoms. The Hall–Kier alpha value is -3.99. The fourth-order valence-electron chi connectivity index (χ4n) is 3.99. The van der Waals surface area contributed by atoms with Gasteiger partial charge in [-0.1, -0.05) is 13.5 Å². The van der Waals surface area contributed by atoms with Crippen molar-refractivity contribution in [3.63, 3.8) is 0 Å². The third-order valence-electron chi connectivity index (χ3n) is 5.84. The number of fused-ring (bicyclic) bond motifs is 2. The Kier molecular flexibility index (Phi) is 7.25. The van der Waals surface area contributed by atoms with E-state index >= 15 is 0 Å². The molecule has 6 N–H and O–H groups in total. The topological polar surface area (TPSA) is 138 Å². The molecule has 1 atom stereocenters. The highest BCUT2D eigenvalue weighted by atomic mass is 19.1. The highest BCUT2D eigenvalue weighted by Gasteiger charge is 2.22. The molecule has 0 radical (unpaired) electrons. The van der Waals surface area contributed by atoms with Crippen LogP contribution < -0.4 is 21.7 Å². The molecule has 0 fully saturated rings. The first kappa shape index (κ1) is 24.1. The van der Waals surface area contributed by atoms with E-state index < -0.39 is 5.82 Å². The van der Waals surface area contributed by atoms with Gasteiger partial charge in [-0.25, -0.2) is 9.37 Å². The molecule has 0 amide bonds.